The Labute approximate surface area is 116 Å². The van der Waals surface area contributed by atoms with E-state index in [9.17, 15) is 4.79 Å². The zero-order chi connectivity index (χ0) is 14.5. The van der Waals surface area contributed by atoms with Crippen LogP contribution in [0.5, 0.6) is 5.75 Å². The van der Waals surface area contributed by atoms with Crippen molar-refractivity contribution in [3.05, 3.63) is 53.6 Å². The molecule has 2 rings (SSSR count). The van der Waals surface area contributed by atoms with Crippen LogP contribution in [0.2, 0.25) is 0 Å². The van der Waals surface area contributed by atoms with E-state index in [1.165, 1.54) is 7.11 Å². The second-order valence-corrected chi connectivity index (χ2v) is 4.10. The van der Waals surface area contributed by atoms with Gasteiger partial charge in [0.15, 0.2) is 0 Å². The topological polar surface area (TPSA) is 88.1 Å². The van der Waals surface area contributed by atoms with Crippen molar-refractivity contribution >= 4 is 17.3 Å². The number of methoxy groups -OCH3 is 1. The van der Waals surface area contributed by atoms with Crippen LogP contribution in [-0.4, -0.2) is 13.0 Å². The number of anilines is 2. The maximum absolute atomic E-state index is 12.1. The lowest BCUT2D eigenvalue weighted by Gasteiger charge is -2.10. The Morgan fingerprint density at radius 2 is 1.95 bits per heavy atom. The molecule has 0 aliphatic rings. The number of nitrogens with zero attached hydrogens (tertiary/aromatic N) is 1. The maximum atomic E-state index is 12.1. The molecule has 0 atom stereocenters. The van der Waals surface area contributed by atoms with E-state index in [-0.39, 0.29) is 5.91 Å². The predicted octanol–water partition coefficient (Wildman–Crippen LogP) is 2.40. The highest BCUT2D eigenvalue weighted by atomic mass is 16.5. The van der Waals surface area contributed by atoms with Crippen LogP contribution in [0.25, 0.3) is 0 Å². The quantitative estimate of drug-likeness (QED) is 0.836. The summed E-state index contributed by atoms with van der Waals surface area (Å²) in [4.78, 5) is 12.1. The summed E-state index contributed by atoms with van der Waals surface area (Å²) in [5, 5.41) is 11.4. The molecule has 0 spiro atoms. The standard InChI is InChI=1S/C15H13N3O2/c1-20-12-6-7-13(17)14(8-12)18-15(19)11-4-2-10(9-16)3-5-11/h2-8H,17H2,1H3,(H,18,19). The van der Waals surface area contributed by atoms with Crippen molar-refractivity contribution < 1.29 is 9.53 Å². The minimum Gasteiger partial charge on any atom is -0.497 e. The molecule has 100 valence electrons. The number of carbonyl (C=O) groups is 1. The van der Waals surface area contributed by atoms with Crippen LogP contribution in [0, 0.1) is 11.3 Å². The first-order valence-electron chi connectivity index (χ1n) is 5.89. The molecule has 0 heterocycles. The molecule has 5 heteroatoms. The Kier molecular flexibility index (Phi) is 3.87. The smallest absolute Gasteiger partial charge is 0.255 e. The lowest BCUT2D eigenvalue weighted by Crippen LogP contribution is -2.13. The number of nitriles is 1. The SMILES string of the molecule is COc1ccc(N)c(NC(=O)c2ccc(C#N)cc2)c1. The highest BCUT2D eigenvalue weighted by Gasteiger charge is 2.09. The van der Waals surface area contributed by atoms with Gasteiger partial charge in [-0.05, 0) is 36.4 Å². The van der Waals surface area contributed by atoms with Crippen LogP contribution in [0.3, 0.4) is 0 Å². The van der Waals surface area contributed by atoms with Gasteiger partial charge in [-0.25, -0.2) is 0 Å². The number of hydrogen-bond acceptors (Lipinski definition) is 4. The summed E-state index contributed by atoms with van der Waals surface area (Å²) >= 11 is 0. The molecule has 0 fully saturated rings. The van der Waals surface area contributed by atoms with Gasteiger partial charge in [0.25, 0.3) is 5.91 Å². The molecule has 2 aromatic rings. The van der Waals surface area contributed by atoms with Crippen LogP contribution in [0.15, 0.2) is 42.5 Å². The summed E-state index contributed by atoms with van der Waals surface area (Å²) in [5.74, 6) is 0.309. The van der Waals surface area contributed by atoms with Crippen LogP contribution in [0.1, 0.15) is 15.9 Å². The van der Waals surface area contributed by atoms with E-state index in [2.05, 4.69) is 5.32 Å². The third-order valence-electron chi connectivity index (χ3n) is 2.78. The second kappa shape index (κ2) is 5.76. The Morgan fingerprint density at radius 3 is 2.55 bits per heavy atom. The number of rotatable bonds is 3. The molecular formula is C15H13N3O2. The minimum atomic E-state index is -0.297. The van der Waals surface area contributed by atoms with Gasteiger partial charge in [0.1, 0.15) is 5.75 Å². The molecule has 0 saturated heterocycles. The molecule has 0 aliphatic carbocycles. The van der Waals surface area contributed by atoms with Crippen LogP contribution in [-0.2, 0) is 0 Å². The zero-order valence-corrected chi connectivity index (χ0v) is 10.9. The van der Waals surface area contributed by atoms with E-state index < -0.39 is 0 Å². The Morgan fingerprint density at radius 1 is 1.25 bits per heavy atom. The van der Waals surface area contributed by atoms with Gasteiger partial charge in [0.2, 0.25) is 0 Å². The molecule has 0 bridgehead atoms. The lowest BCUT2D eigenvalue weighted by molar-refractivity contribution is 0.102. The maximum Gasteiger partial charge on any atom is 0.255 e. The van der Waals surface area contributed by atoms with E-state index >= 15 is 0 Å². The monoisotopic (exact) mass is 267 g/mol. The number of hydrogen-bond donors (Lipinski definition) is 2. The lowest BCUT2D eigenvalue weighted by atomic mass is 10.1. The van der Waals surface area contributed by atoms with E-state index in [0.717, 1.165) is 0 Å². The predicted molar refractivity (Wildman–Crippen MR) is 76.5 cm³/mol. The Hall–Kier alpha value is -3.00. The van der Waals surface area contributed by atoms with Crippen molar-refractivity contribution in [3.63, 3.8) is 0 Å². The summed E-state index contributed by atoms with van der Waals surface area (Å²) < 4.78 is 5.08. The minimum absolute atomic E-state index is 0.297. The fraction of sp³-hybridized carbons (Fsp3) is 0.0667. The van der Waals surface area contributed by atoms with Gasteiger partial charge in [-0.2, -0.15) is 5.26 Å². The van der Waals surface area contributed by atoms with E-state index in [4.69, 9.17) is 15.7 Å². The van der Waals surface area contributed by atoms with Gasteiger partial charge in [-0.3, -0.25) is 4.79 Å². The van der Waals surface area contributed by atoms with Crippen LogP contribution < -0.4 is 15.8 Å². The molecule has 0 unspecified atom stereocenters. The van der Waals surface area contributed by atoms with E-state index in [0.29, 0.717) is 28.3 Å². The van der Waals surface area contributed by atoms with E-state index in [1.54, 1.807) is 42.5 Å². The Balaban J connectivity index is 2.20. The van der Waals surface area contributed by atoms with Crippen molar-refractivity contribution in [3.8, 4) is 11.8 Å². The number of nitrogen functional groups attached to an aromatic ring is 1. The molecule has 5 nitrogen and oxygen atoms in total. The first-order chi connectivity index (χ1) is 9.63. The van der Waals surface area contributed by atoms with Crippen molar-refractivity contribution in [2.45, 2.75) is 0 Å². The van der Waals surface area contributed by atoms with Crippen molar-refractivity contribution in [1.29, 1.82) is 5.26 Å². The number of nitrogens with one attached hydrogen (secondary N) is 1. The highest BCUT2D eigenvalue weighted by molar-refractivity contribution is 6.05. The molecule has 0 saturated carbocycles. The number of amides is 1. The third kappa shape index (κ3) is 2.87. The number of benzene rings is 2. The van der Waals surface area contributed by atoms with Gasteiger partial charge >= 0.3 is 0 Å². The summed E-state index contributed by atoms with van der Waals surface area (Å²) in [7, 11) is 1.54. The largest absolute Gasteiger partial charge is 0.497 e. The molecule has 1 amide bonds. The van der Waals surface area contributed by atoms with Gasteiger partial charge in [-0.1, -0.05) is 0 Å². The number of ether oxygens (including phenoxy) is 1. The van der Waals surface area contributed by atoms with Crippen LogP contribution in [0.4, 0.5) is 11.4 Å². The molecule has 2 aromatic carbocycles. The third-order valence-corrected chi connectivity index (χ3v) is 2.78. The van der Waals surface area contributed by atoms with Crippen molar-refractivity contribution in [2.24, 2.45) is 0 Å². The second-order valence-electron chi connectivity index (χ2n) is 4.10. The van der Waals surface area contributed by atoms with Gasteiger partial charge in [0, 0.05) is 11.6 Å². The number of nitrogens with two attached hydrogens (primary N) is 1. The highest BCUT2D eigenvalue weighted by Crippen LogP contribution is 2.24. The van der Waals surface area contributed by atoms with Crippen LogP contribution >= 0.6 is 0 Å². The Bertz CT molecular complexity index is 673. The average molecular weight is 267 g/mol. The van der Waals surface area contributed by atoms with Crippen molar-refractivity contribution in [1.82, 2.24) is 0 Å². The summed E-state index contributed by atoms with van der Waals surface area (Å²) in [5.41, 5.74) is 7.69. The summed E-state index contributed by atoms with van der Waals surface area (Å²) in [6, 6.07) is 13.4. The zero-order valence-electron chi connectivity index (χ0n) is 10.9. The first kappa shape index (κ1) is 13.4. The fourth-order valence-corrected chi connectivity index (χ4v) is 1.66. The number of carbonyl (C=O) groups excluding carboxylic acids is 1. The van der Waals surface area contributed by atoms with Gasteiger partial charge in [0.05, 0.1) is 30.1 Å². The fourth-order valence-electron chi connectivity index (χ4n) is 1.66. The molecule has 3 N–H and O–H groups in total. The summed E-state index contributed by atoms with van der Waals surface area (Å²) in [6.07, 6.45) is 0. The van der Waals surface area contributed by atoms with Gasteiger partial charge in [-0.15, -0.1) is 0 Å². The molecular weight excluding hydrogens is 254 g/mol. The summed E-state index contributed by atoms with van der Waals surface area (Å²) in [6.45, 7) is 0. The molecule has 20 heavy (non-hydrogen) atoms. The average Bonchev–Trinajstić information content (AvgIpc) is 2.49. The van der Waals surface area contributed by atoms with Crippen molar-refractivity contribution in [2.75, 3.05) is 18.2 Å². The molecule has 0 radical (unpaired) electrons. The molecule has 0 aliphatic heterocycles. The first-order valence-corrected chi connectivity index (χ1v) is 5.89. The normalized spacial score (nSPS) is 9.60. The molecule has 0 aromatic heterocycles. The van der Waals surface area contributed by atoms with Gasteiger partial charge < -0.3 is 15.8 Å². The van der Waals surface area contributed by atoms with E-state index in [1.807, 2.05) is 6.07 Å².